The molecule has 0 bridgehead atoms. The van der Waals surface area contributed by atoms with Crippen molar-refractivity contribution < 1.29 is 14.7 Å². The number of benzene rings is 1. The molecule has 0 saturated heterocycles. The zero-order valence-electron chi connectivity index (χ0n) is 9.43. The van der Waals surface area contributed by atoms with Crippen LogP contribution in [0, 0.1) is 0 Å². The van der Waals surface area contributed by atoms with Crippen LogP contribution in [0.1, 0.15) is 30.5 Å². The Bertz CT molecular complexity index is 417. The molecule has 1 unspecified atom stereocenters. The molecule has 0 radical (unpaired) electrons. The number of carbonyl (C=O) groups excluding carboxylic acids is 1. The number of fused-ring (bicyclic) bond motifs is 1. The second kappa shape index (κ2) is 4.14. The average molecular weight is 221 g/mol. The second-order valence-electron chi connectivity index (χ2n) is 3.98. The maximum absolute atomic E-state index is 11.1. The van der Waals surface area contributed by atoms with Gasteiger partial charge in [0.2, 0.25) is 5.91 Å². The van der Waals surface area contributed by atoms with Gasteiger partial charge in [-0.15, -0.1) is 0 Å². The van der Waals surface area contributed by atoms with E-state index in [1.807, 2.05) is 18.2 Å². The third kappa shape index (κ3) is 1.76. The van der Waals surface area contributed by atoms with Crippen LogP contribution in [-0.4, -0.2) is 23.3 Å². The first-order chi connectivity index (χ1) is 7.63. The Labute approximate surface area is 94.4 Å². The van der Waals surface area contributed by atoms with Gasteiger partial charge in [0.1, 0.15) is 5.75 Å². The van der Waals surface area contributed by atoms with Crippen molar-refractivity contribution in [3.05, 3.63) is 29.3 Å². The van der Waals surface area contributed by atoms with Crippen molar-refractivity contribution in [1.82, 2.24) is 5.06 Å². The van der Waals surface area contributed by atoms with E-state index in [-0.39, 0.29) is 11.9 Å². The lowest BCUT2D eigenvalue weighted by Crippen LogP contribution is -2.28. The number of methoxy groups -OCH3 is 1. The highest BCUT2D eigenvalue weighted by Gasteiger charge is 2.29. The van der Waals surface area contributed by atoms with E-state index < -0.39 is 0 Å². The highest BCUT2D eigenvalue weighted by atomic mass is 16.5. The monoisotopic (exact) mass is 221 g/mol. The molecule has 0 spiro atoms. The number of aryl methyl sites for hydroxylation is 1. The third-order valence-electron chi connectivity index (χ3n) is 3.02. The highest BCUT2D eigenvalue weighted by molar-refractivity contribution is 5.72. The molecule has 0 fully saturated rings. The fourth-order valence-corrected chi connectivity index (χ4v) is 2.16. The van der Waals surface area contributed by atoms with E-state index in [0.717, 1.165) is 29.2 Å². The summed E-state index contributed by atoms with van der Waals surface area (Å²) in [5.74, 6) is 0.420. The summed E-state index contributed by atoms with van der Waals surface area (Å²) in [5.41, 5.74) is 2.16. The van der Waals surface area contributed by atoms with Gasteiger partial charge in [-0.2, -0.15) is 0 Å². The van der Waals surface area contributed by atoms with Gasteiger partial charge in [-0.05, 0) is 36.1 Å². The molecule has 1 aromatic rings. The van der Waals surface area contributed by atoms with Crippen molar-refractivity contribution in [3.63, 3.8) is 0 Å². The molecule has 0 saturated carbocycles. The SMILES string of the molecule is COc1ccc2c(c1)C(N(O)C(C)=O)CC2. The third-order valence-corrected chi connectivity index (χ3v) is 3.02. The summed E-state index contributed by atoms with van der Waals surface area (Å²) in [6, 6.07) is 5.54. The standard InChI is InChI=1S/C12H15NO3/c1-8(14)13(15)12-6-4-9-3-5-10(16-2)7-11(9)12/h3,5,7,12,15H,4,6H2,1-2H3. The predicted octanol–water partition coefficient (Wildman–Crippen LogP) is 1.92. The molecule has 1 amide bonds. The molecule has 1 aliphatic carbocycles. The summed E-state index contributed by atoms with van der Waals surface area (Å²) in [7, 11) is 1.60. The fourth-order valence-electron chi connectivity index (χ4n) is 2.16. The molecule has 0 aliphatic heterocycles. The molecular formula is C12H15NO3. The van der Waals surface area contributed by atoms with Crippen LogP contribution in [-0.2, 0) is 11.2 Å². The number of carbonyl (C=O) groups is 1. The molecular weight excluding hydrogens is 206 g/mol. The highest BCUT2D eigenvalue weighted by Crippen LogP contribution is 2.36. The molecule has 1 aromatic carbocycles. The van der Waals surface area contributed by atoms with E-state index in [2.05, 4.69) is 0 Å². The molecule has 1 aliphatic rings. The number of ether oxygens (including phenoxy) is 1. The van der Waals surface area contributed by atoms with E-state index >= 15 is 0 Å². The Balaban J connectivity index is 2.34. The number of nitrogens with zero attached hydrogens (tertiary/aromatic N) is 1. The van der Waals surface area contributed by atoms with Gasteiger partial charge < -0.3 is 4.74 Å². The molecule has 86 valence electrons. The first kappa shape index (κ1) is 11.0. The summed E-state index contributed by atoms with van der Waals surface area (Å²) >= 11 is 0. The number of hydrogen-bond acceptors (Lipinski definition) is 3. The first-order valence-electron chi connectivity index (χ1n) is 5.29. The lowest BCUT2D eigenvalue weighted by molar-refractivity contribution is -0.173. The Morgan fingerprint density at radius 1 is 1.56 bits per heavy atom. The van der Waals surface area contributed by atoms with Crippen LogP contribution in [0.5, 0.6) is 5.75 Å². The number of hydrogen-bond donors (Lipinski definition) is 1. The fraction of sp³-hybridized carbons (Fsp3) is 0.417. The molecule has 1 N–H and O–H groups in total. The van der Waals surface area contributed by atoms with Crippen LogP contribution in [0.4, 0.5) is 0 Å². The summed E-state index contributed by atoms with van der Waals surface area (Å²) in [5, 5.41) is 10.5. The molecule has 1 atom stereocenters. The Morgan fingerprint density at radius 3 is 2.94 bits per heavy atom. The van der Waals surface area contributed by atoms with Crippen LogP contribution in [0.25, 0.3) is 0 Å². The Kier molecular flexibility index (Phi) is 2.83. The van der Waals surface area contributed by atoms with Gasteiger partial charge in [0.15, 0.2) is 0 Å². The molecule has 0 aromatic heterocycles. The van der Waals surface area contributed by atoms with Crippen molar-refractivity contribution >= 4 is 5.91 Å². The average Bonchev–Trinajstić information content (AvgIpc) is 2.70. The lowest BCUT2D eigenvalue weighted by Gasteiger charge is -2.21. The van der Waals surface area contributed by atoms with E-state index in [9.17, 15) is 10.0 Å². The molecule has 2 rings (SSSR count). The molecule has 16 heavy (non-hydrogen) atoms. The van der Waals surface area contributed by atoms with Gasteiger partial charge >= 0.3 is 0 Å². The second-order valence-corrected chi connectivity index (χ2v) is 3.98. The lowest BCUT2D eigenvalue weighted by atomic mass is 10.1. The maximum atomic E-state index is 11.1. The largest absolute Gasteiger partial charge is 0.497 e. The molecule has 4 heteroatoms. The smallest absolute Gasteiger partial charge is 0.243 e. The molecule has 0 heterocycles. The van der Waals surface area contributed by atoms with Crippen molar-refractivity contribution in [1.29, 1.82) is 0 Å². The van der Waals surface area contributed by atoms with Gasteiger partial charge in [-0.25, -0.2) is 5.06 Å². The van der Waals surface area contributed by atoms with Crippen molar-refractivity contribution in [2.24, 2.45) is 0 Å². The van der Waals surface area contributed by atoms with E-state index in [0.29, 0.717) is 0 Å². The molecule has 4 nitrogen and oxygen atoms in total. The van der Waals surface area contributed by atoms with Crippen molar-refractivity contribution in [3.8, 4) is 5.75 Å². The summed E-state index contributed by atoms with van der Waals surface area (Å²) in [6.07, 6.45) is 1.65. The zero-order valence-corrected chi connectivity index (χ0v) is 9.43. The Morgan fingerprint density at radius 2 is 2.31 bits per heavy atom. The van der Waals surface area contributed by atoms with E-state index in [4.69, 9.17) is 4.74 Å². The first-order valence-corrected chi connectivity index (χ1v) is 5.29. The summed E-state index contributed by atoms with van der Waals surface area (Å²) in [4.78, 5) is 11.1. The van der Waals surface area contributed by atoms with Gasteiger partial charge in [0.25, 0.3) is 0 Å². The zero-order chi connectivity index (χ0) is 11.7. The van der Waals surface area contributed by atoms with Gasteiger partial charge in [-0.3, -0.25) is 10.0 Å². The topological polar surface area (TPSA) is 49.8 Å². The van der Waals surface area contributed by atoms with E-state index in [1.54, 1.807) is 7.11 Å². The number of amides is 1. The minimum Gasteiger partial charge on any atom is -0.497 e. The quantitative estimate of drug-likeness (QED) is 0.613. The maximum Gasteiger partial charge on any atom is 0.243 e. The normalized spacial score (nSPS) is 18.1. The van der Waals surface area contributed by atoms with Crippen LogP contribution in [0.3, 0.4) is 0 Å². The van der Waals surface area contributed by atoms with Gasteiger partial charge in [0, 0.05) is 6.92 Å². The van der Waals surface area contributed by atoms with Crippen molar-refractivity contribution in [2.75, 3.05) is 7.11 Å². The number of rotatable bonds is 2. The Hall–Kier alpha value is -1.55. The minimum atomic E-state index is -0.333. The van der Waals surface area contributed by atoms with Crippen LogP contribution < -0.4 is 4.74 Å². The summed E-state index contributed by atoms with van der Waals surface area (Å²) < 4.78 is 5.14. The van der Waals surface area contributed by atoms with Crippen molar-refractivity contribution in [2.45, 2.75) is 25.8 Å². The van der Waals surface area contributed by atoms with Gasteiger partial charge in [-0.1, -0.05) is 6.07 Å². The summed E-state index contributed by atoms with van der Waals surface area (Å²) in [6.45, 7) is 1.36. The predicted molar refractivity (Wildman–Crippen MR) is 58.4 cm³/mol. The van der Waals surface area contributed by atoms with Crippen LogP contribution in [0.2, 0.25) is 0 Å². The van der Waals surface area contributed by atoms with Crippen LogP contribution in [0.15, 0.2) is 18.2 Å². The van der Waals surface area contributed by atoms with Gasteiger partial charge in [0.05, 0.1) is 13.2 Å². The number of hydroxylamine groups is 2. The minimum absolute atomic E-state index is 0.234. The van der Waals surface area contributed by atoms with E-state index in [1.165, 1.54) is 12.5 Å². The van der Waals surface area contributed by atoms with Crippen LogP contribution >= 0.6 is 0 Å².